The van der Waals surface area contributed by atoms with Crippen LogP contribution in [0.15, 0.2) is 72.8 Å². The number of hydrazine groups is 1. The highest BCUT2D eigenvalue weighted by atomic mass is 16.6. The highest BCUT2D eigenvalue weighted by Crippen LogP contribution is 2.20. The molecule has 0 aliphatic carbocycles. The molecule has 0 aromatic heterocycles. The molecule has 0 bridgehead atoms. The lowest BCUT2D eigenvalue weighted by molar-refractivity contribution is -0.122. The van der Waals surface area contributed by atoms with Crippen LogP contribution in [-0.4, -0.2) is 130 Å². The fourth-order valence-corrected chi connectivity index (χ4v) is 5.15. The lowest BCUT2D eigenvalue weighted by Gasteiger charge is -2.15. The maximum atomic E-state index is 12.6. The number of benzene rings is 3. The average molecular weight is 825 g/mol. The Bertz CT molecular complexity index is 1650. The Labute approximate surface area is 346 Å². The van der Waals surface area contributed by atoms with Crippen LogP contribution in [-0.2, 0) is 38.0 Å². The molecule has 17 nitrogen and oxygen atoms in total. The molecule has 17 heteroatoms. The van der Waals surface area contributed by atoms with E-state index in [0.717, 1.165) is 24.9 Å². The van der Waals surface area contributed by atoms with E-state index in [9.17, 15) is 19.2 Å². The molecule has 59 heavy (non-hydrogen) atoms. The Hall–Kier alpha value is -5.30. The van der Waals surface area contributed by atoms with Gasteiger partial charge < -0.3 is 54.8 Å². The number of para-hydroxylation sites is 2. The zero-order valence-electron chi connectivity index (χ0n) is 33.9. The molecule has 0 spiro atoms. The van der Waals surface area contributed by atoms with Crippen LogP contribution in [0.5, 0.6) is 0 Å². The number of esters is 1. The van der Waals surface area contributed by atoms with Gasteiger partial charge in [-0.2, -0.15) is 0 Å². The summed E-state index contributed by atoms with van der Waals surface area (Å²) in [7, 11) is 1.29. The van der Waals surface area contributed by atoms with Crippen LogP contribution in [0.1, 0.15) is 56.8 Å². The van der Waals surface area contributed by atoms with Crippen molar-refractivity contribution in [1.82, 2.24) is 16.1 Å². The van der Waals surface area contributed by atoms with E-state index in [-0.39, 0.29) is 18.2 Å². The van der Waals surface area contributed by atoms with Crippen LogP contribution >= 0.6 is 0 Å². The van der Waals surface area contributed by atoms with Crippen molar-refractivity contribution in [3.05, 3.63) is 89.5 Å². The Morgan fingerprint density at radius 1 is 0.525 bits per heavy atom. The van der Waals surface area contributed by atoms with E-state index >= 15 is 0 Å². The number of hydrogen-bond acceptors (Lipinski definition) is 14. The number of nitrogens with one attached hydrogen (secondary N) is 5. The summed E-state index contributed by atoms with van der Waals surface area (Å²) in [6.45, 7) is 6.77. The van der Waals surface area contributed by atoms with E-state index in [1.165, 1.54) is 13.2 Å². The molecular formula is C42H60N6O11. The van der Waals surface area contributed by atoms with Gasteiger partial charge in [-0.25, -0.2) is 4.79 Å². The zero-order valence-corrected chi connectivity index (χ0v) is 33.9. The molecule has 0 saturated heterocycles. The summed E-state index contributed by atoms with van der Waals surface area (Å²) in [6.07, 6.45) is 2.95. The number of anilines is 3. The van der Waals surface area contributed by atoms with Crippen molar-refractivity contribution >= 4 is 40.8 Å². The fourth-order valence-electron chi connectivity index (χ4n) is 5.15. The van der Waals surface area contributed by atoms with Crippen molar-refractivity contribution in [2.24, 2.45) is 0 Å². The van der Waals surface area contributed by atoms with Crippen molar-refractivity contribution in [3.63, 3.8) is 0 Å². The highest BCUT2D eigenvalue weighted by Gasteiger charge is 2.11. The third-order valence-corrected chi connectivity index (χ3v) is 8.31. The van der Waals surface area contributed by atoms with Gasteiger partial charge in [0.1, 0.15) is 0 Å². The smallest absolute Gasteiger partial charge is 0.337 e. The molecule has 0 radical (unpaired) electrons. The third kappa shape index (κ3) is 21.9. The van der Waals surface area contributed by atoms with Gasteiger partial charge in [0.15, 0.2) is 0 Å². The number of rotatable bonds is 33. The molecule has 0 aliphatic rings. The van der Waals surface area contributed by atoms with Crippen LogP contribution in [0, 0.1) is 0 Å². The number of nitrogens with two attached hydrogens (primary N) is 1. The molecule has 0 aliphatic heterocycles. The first-order valence-corrected chi connectivity index (χ1v) is 19.8. The second kappa shape index (κ2) is 30.7. The van der Waals surface area contributed by atoms with Gasteiger partial charge in [0.25, 0.3) is 11.8 Å². The zero-order chi connectivity index (χ0) is 42.2. The topological polar surface area (TPSA) is 219 Å². The monoisotopic (exact) mass is 824 g/mol. The van der Waals surface area contributed by atoms with Gasteiger partial charge >= 0.3 is 5.97 Å². The van der Waals surface area contributed by atoms with Crippen molar-refractivity contribution in [1.29, 1.82) is 0 Å². The minimum atomic E-state index is -0.514. The summed E-state index contributed by atoms with van der Waals surface area (Å²) < 4.78 is 37.6. The number of nitrogen functional groups attached to an aromatic ring is 1. The second-order valence-corrected chi connectivity index (χ2v) is 12.8. The van der Waals surface area contributed by atoms with E-state index in [1.54, 1.807) is 42.5 Å². The van der Waals surface area contributed by atoms with Crippen LogP contribution < -0.4 is 32.5 Å². The van der Waals surface area contributed by atoms with E-state index in [4.69, 9.17) is 38.9 Å². The first-order chi connectivity index (χ1) is 28.9. The van der Waals surface area contributed by atoms with E-state index in [0.29, 0.717) is 127 Å². The van der Waals surface area contributed by atoms with E-state index in [1.807, 2.05) is 24.3 Å². The normalized spacial score (nSPS) is 10.8. The van der Waals surface area contributed by atoms with Crippen LogP contribution in [0.3, 0.4) is 0 Å². The molecule has 0 saturated carbocycles. The lowest BCUT2D eigenvalue weighted by Crippen LogP contribution is -2.30. The molecule has 3 amide bonds. The quantitative estimate of drug-likeness (QED) is 0.0225. The summed E-state index contributed by atoms with van der Waals surface area (Å²) in [5, 5.41) is 9.08. The largest absolute Gasteiger partial charge is 0.465 e. The van der Waals surface area contributed by atoms with Gasteiger partial charge in [-0.3, -0.25) is 25.2 Å². The van der Waals surface area contributed by atoms with Crippen molar-refractivity contribution in [2.45, 2.75) is 25.7 Å². The summed E-state index contributed by atoms with van der Waals surface area (Å²) in [5.41, 5.74) is 14.5. The second-order valence-electron chi connectivity index (χ2n) is 12.8. The molecular weight excluding hydrogens is 764 g/mol. The molecule has 0 heterocycles. The molecule has 0 fully saturated rings. The molecule has 3 aromatic rings. The van der Waals surface area contributed by atoms with Gasteiger partial charge in [-0.05, 0) is 73.9 Å². The molecule has 3 rings (SSSR count). The summed E-state index contributed by atoms with van der Waals surface area (Å²) in [6, 6.07) is 20.5. The van der Waals surface area contributed by atoms with Gasteiger partial charge in [-0.15, -0.1) is 0 Å². The minimum Gasteiger partial charge on any atom is -0.465 e. The number of methoxy groups -OCH3 is 1. The van der Waals surface area contributed by atoms with Gasteiger partial charge in [0.05, 0.1) is 103 Å². The standard InChI is InChI=1S/C42H60N6O11/c1-53-42(52)35-9-7-8-34(32-35)41(51)48-47-38-11-4-3-10-37(38)44-17-5-2-6-18-45-39(49)16-20-54-22-24-56-26-28-58-30-31-59-29-27-57-25-23-55-21-19-46-40(50)33-12-14-36(43)15-13-33/h3-4,7-15,32,44,47H,2,5-6,16-31,43H2,1H3,(H,45,49)(H,46,50)(H,48,51). The van der Waals surface area contributed by atoms with Gasteiger partial charge in [0.2, 0.25) is 5.91 Å². The molecule has 7 N–H and O–H groups in total. The lowest BCUT2D eigenvalue weighted by atomic mass is 10.1. The number of carbonyl (C=O) groups is 4. The highest BCUT2D eigenvalue weighted by molar-refractivity contribution is 5.98. The van der Waals surface area contributed by atoms with Crippen molar-refractivity contribution in [3.8, 4) is 0 Å². The van der Waals surface area contributed by atoms with Gasteiger partial charge in [-0.1, -0.05) is 18.2 Å². The van der Waals surface area contributed by atoms with E-state index < -0.39 is 11.9 Å². The Morgan fingerprint density at radius 3 is 1.71 bits per heavy atom. The maximum absolute atomic E-state index is 12.6. The van der Waals surface area contributed by atoms with E-state index in [2.05, 4.69) is 26.8 Å². The third-order valence-electron chi connectivity index (χ3n) is 8.31. The number of ether oxygens (including phenoxy) is 7. The summed E-state index contributed by atoms with van der Waals surface area (Å²) in [4.78, 5) is 48.5. The molecule has 324 valence electrons. The fraction of sp³-hybridized carbons (Fsp3) is 0.476. The molecule has 0 atom stereocenters. The van der Waals surface area contributed by atoms with Crippen LogP contribution in [0.4, 0.5) is 17.1 Å². The average Bonchev–Trinajstić information content (AvgIpc) is 3.25. The Kier molecular flexibility index (Phi) is 25.0. The van der Waals surface area contributed by atoms with Gasteiger partial charge in [0, 0.05) is 42.9 Å². The number of unbranched alkanes of at least 4 members (excludes halogenated alkanes) is 2. The maximum Gasteiger partial charge on any atom is 0.337 e. The molecule has 3 aromatic carbocycles. The number of hydrogen-bond donors (Lipinski definition) is 6. The van der Waals surface area contributed by atoms with Crippen LogP contribution in [0.25, 0.3) is 0 Å². The first-order valence-electron chi connectivity index (χ1n) is 19.8. The summed E-state index contributed by atoms with van der Waals surface area (Å²) >= 11 is 0. The first kappa shape index (κ1) is 48.1. The minimum absolute atomic E-state index is 0.0512. The van der Waals surface area contributed by atoms with Crippen molar-refractivity contribution in [2.75, 3.05) is 123 Å². The predicted octanol–water partition coefficient (Wildman–Crippen LogP) is 3.43. The number of carbonyl (C=O) groups excluding carboxylic acids is 4. The predicted molar refractivity (Wildman–Crippen MR) is 223 cm³/mol. The Balaban J connectivity index is 1.03. The SMILES string of the molecule is COC(=O)c1cccc(C(=O)NNc2ccccc2NCCCCCNC(=O)CCOCCOCCOCCOCCOCCOCCNC(=O)c2ccc(N)cc2)c1. The molecule has 0 unspecified atom stereocenters. The van der Waals surface area contributed by atoms with Crippen molar-refractivity contribution < 1.29 is 52.3 Å². The number of amides is 3. The summed E-state index contributed by atoms with van der Waals surface area (Å²) in [5.74, 6) is -1.13. The van der Waals surface area contributed by atoms with Crippen LogP contribution in [0.2, 0.25) is 0 Å². The Morgan fingerprint density at radius 2 is 1.08 bits per heavy atom.